The Morgan fingerprint density at radius 2 is 2.05 bits per heavy atom. The standard InChI is InChI=1S/C14H9BrN2O2/c1-2-10-6-7-14(13(15)8-10)16-11-4-3-5-12(9-11)17(18)19/h1,3-9,16H. The van der Waals surface area contributed by atoms with Crippen molar-refractivity contribution in [3.63, 3.8) is 0 Å². The van der Waals surface area contributed by atoms with Gasteiger partial charge in [0.1, 0.15) is 0 Å². The van der Waals surface area contributed by atoms with Crippen molar-refractivity contribution in [2.45, 2.75) is 0 Å². The molecule has 19 heavy (non-hydrogen) atoms. The fourth-order valence-electron chi connectivity index (χ4n) is 1.56. The smallest absolute Gasteiger partial charge is 0.271 e. The Bertz CT molecular complexity index is 677. The van der Waals surface area contributed by atoms with E-state index in [1.54, 1.807) is 24.3 Å². The minimum atomic E-state index is -0.429. The predicted octanol–water partition coefficient (Wildman–Crippen LogP) is 4.08. The number of hydrogen-bond donors (Lipinski definition) is 1. The number of nitrogens with one attached hydrogen (secondary N) is 1. The van der Waals surface area contributed by atoms with Crippen LogP contribution in [0.4, 0.5) is 17.1 Å². The van der Waals surface area contributed by atoms with Crippen LogP contribution in [0.25, 0.3) is 0 Å². The quantitative estimate of drug-likeness (QED) is 0.527. The molecule has 0 heterocycles. The zero-order chi connectivity index (χ0) is 13.8. The highest BCUT2D eigenvalue weighted by molar-refractivity contribution is 9.10. The van der Waals surface area contributed by atoms with Crippen molar-refractivity contribution in [1.29, 1.82) is 0 Å². The molecule has 0 aromatic heterocycles. The van der Waals surface area contributed by atoms with E-state index in [0.29, 0.717) is 5.69 Å². The first-order valence-corrected chi connectivity index (χ1v) is 6.17. The van der Waals surface area contributed by atoms with Crippen molar-refractivity contribution >= 4 is 33.0 Å². The van der Waals surface area contributed by atoms with Crippen LogP contribution in [0.1, 0.15) is 5.56 Å². The van der Waals surface area contributed by atoms with Gasteiger partial charge in [-0.15, -0.1) is 6.42 Å². The molecule has 5 heteroatoms. The van der Waals surface area contributed by atoms with Crippen molar-refractivity contribution in [3.05, 3.63) is 62.6 Å². The first kappa shape index (κ1) is 13.1. The van der Waals surface area contributed by atoms with Gasteiger partial charge in [-0.25, -0.2) is 0 Å². The molecule has 0 atom stereocenters. The number of anilines is 2. The van der Waals surface area contributed by atoms with Crippen LogP contribution >= 0.6 is 15.9 Å². The lowest BCUT2D eigenvalue weighted by Gasteiger charge is -2.08. The third-order valence-corrected chi connectivity index (χ3v) is 3.13. The van der Waals surface area contributed by atoms with E-state index in [9.17, 15) is 10.1 Å². The van der Waals surface area contributed by atoms with Crippen LogP contribution in [0.15, 0.2) is 46.9 Å². The Kier molecular flexibility index (Phi) is 3.83. The maximum atomic E-state index is 10.7. The largest absolute Gasteiger partial charge is 0.354 e. The first-order chi connectivity index (χ1) is 9.10. The molecule has 0 spiro atoms. The van der Waals surface area contributed by atoms with Crippen LogP contribution in [-0.2, 0) is 0 Å². The number of halogens is 1. The van der Waals surface area contributed by atoms with E-state index in [4.69, 9.17) is 6.42 Å². The Balaban J connectivity index is 2.29. The number of nitro benzene ring substituents is 1. The van der Waals surface area contributed by atoms with Gasteiger partial charge in [-0.1, -0.05) is 12.0 Å². The van der Waals surface area contributed by atoms with Gasteiger partial charge in [0.15, 0.2) is 0 Å². The van der Waals surface area contributed by atoms with Gasteiger partial charge in [-0.3, -0.25) is 10.1 Å². The van der Waals surface area contributed by atoms with Gasteiger partial charge in [0.2, 0.25) is 0 Å². The minimum absolute atomic E-state index is 0.0429. The number of benzene rings is 2. The number of terminal acetylenes is 1. The Hall–Kier alpha value is -2.32. The summed E-state index contributed by atoms with van der Waals surface area (Å²) < 4.78 is 0.800. The van der Waals surface area contributed by atoms with E-state index in [1.807, 2.05) is 6.07 Å². The average Bonchev–Trinajstić information content (AvgIpc) is 2.41. The highest BCUT2D eigenvalue weighted by atomic mass is 79.9. The maximum Gasteiger partial charge on any atom is 0.271 e. The fraction of sp³-hybridized carbons (Fsp3) is 0. The monoisotopic (exact) mass is 316 g/mol. The summed E-state index contributed by atoms with van der Waals surface area (Å²) in [6.45, 7) is 0. The van der Waals surface area contributed by atoms with Gasteiger partial charge in [0.25, 0.3) is 5.69 Å². The fourth-order valence-corrected chi connectivity index (χ4v) is 2.04. The molecule has 94 valence electrons. The summed E-state index contributed by atoms with van der Waals surface area (Å²) in [4.78, 5) is 10.3. The summed E-state index contributed by atoms with van der Waals surface area (Å²) >= 11 is 3.40. The number of nitrogens with zero attached hydrogens (tertiary/aromatic N) is 1. The lowest BCUT2D eigenvalue weighted by atomic mass is 10.2. The first-order valence-electron chi connectivity index (χ1n) is 5.38. The summed E-state index contributed by atoms with van der Waals surface area (Å²) in [7, 11) is 0. The molecular formula is C14H9BrN2O2. The highest BCUT2D eigenvalue weighted by Crippen LogP contribution is 2.28. The lowest BCUT2D eigenvalue weighted by molar-refractivity contribution is -0.384. The van der Waals surface area contributed by atoms with Gasteiger partial charge < -0.3 is 5.32 Å². The zero-order valence-corrected chi connectivity index (χ0v) is 11.3. The SMILES string of the molecule is C#Cc1ccc(Nc2cccc([N+](=O)[O-])c2)c(Br)c1. The highest BCUT2D eigenvalue weighted by Gasteiger charge is 2.07. The molecule has 2 rings (SSSR count). The van der Waals surface area contributed by atoms with Gasteiger partial charge in [0, 0.05) is 27.9 Å². The summed E-state index contributed by atoms with van der Waals surface area (Å²) in [6, 6.07) is 11.7. The third-order valence-electron chi connectivity index (χ3n) is 2.47. The second-order valence-electron chi connectivity index (χ2n) is 3.77. The van der Waals surface area contributed by atoms with Crippen LogP contribution in [0.3, 0.4) is 0 Å². The molecule has 0 aliphatic carbocycles. The van der Waals surface area contributed by atoms with E-state index >= 15 is 0 Å². The van der Waals surface area contributed by atoms with E-state index in [2.05, 4.69) is 27.2 Å². The van der Waals surface area contributed by atoms with Crippen molar-refractivity contribution in [1.82, 2.24) is 0 Å². The molecule has 2 aromatic rings. The zero-order valence-electron chi connectivity index (χ0n) is 9.76. The molecular weight excluding hydrogens is 308 g/mol. The summed E-state index contributed by atoms with van der Waals surface area (Å²) in [6.07, 6.45) is 5.31. The van der Waals surface area contributed by atoms with Gasteiger partial charge >= 0.3 is 0 Å². The van der Waals surface area contributed by atoms with Crippen LogP contribution in [0.2, 0.25) is 0 Å². The number of nitro groups is 1. The molecule has 0 fully saturated rings. The summed E-state index contributed by atoms with van der Waals surface area (Å²) in [5.41, 5.74) is 2.24. The van der Waals surface area contributed by atoms with Crippen LogP contribution in [0.5, 0.6) is 0 Å². The molecule has 0 aliphatic heterocycles. The minimum Gasteiger partial charge on any atom is -0.354 e. The normalized spacial score (nSPS) is 9.68. The molecule has 0 amide bonds. The van der Waals surface area contributed by atoms with Crippen molar-refractivity contribution in [3.8, 4) is 12.3 Å². The second-order valence-corrected chi connectivity index (χ2v) is 4.63. The molecule has 1 N–H and O–H groups in total. The number of rotatable bonds is 3. The molecule has 0 bridgehead atoms. The van der Waals surface area contributed by atoms with Crippen molar-refractivity contribution < 1.29 is 4.92 Å². The van der Waals surface area contributed by atoms with E-state index < -0.39 is 4.92 Å². The summed E-state index contributed by atoms with van der Waals surface area (Å²) in [5, 5.41) is 13.8. The van der Waals surface area contributed by atoms with Crippen LogP contribution < -0.4 is 5.32 Å². The Morgan fingerprint density at radius 1 is 1.26 bits per heavy atom. The Labute approximate surface area is 118 Å². The average molecular weight is 317 g/mol. The predicted molar refractivity (Wildman–Crippen MR) is 78.5 cm³/mol. The molecule has 0 saturated heterocycles. The number of hydrogen-bond acceptors (Lipinski definition) is 3. The molecule has 0 unspecified atom stereocenters. The molecule has 0 radical (unpaired) electrons. The lowest BCUT2D eigenvalue weighted by Crippen LogP contribution is -1.94. The maximum absolute atomic E-state index is 10.7. The Morgan fingerprint density at radius 3 is 2.68 bits per heavy atom. The van der Waals surface area contributed by atoms with Gasteiger partial charge in [-0.05, 0) is 40.2 Å². The van der Waals surface area contributed by atoms with Gasteiger partial charge in [0.05, 0.1) is 10.6 Å². The van der Waals surface area contributed by atoms with E-state index in [1.165, 1.54) is 12.1 Å². The molecule has 4 nitrogen and oxygen atoms in total. The molecule has 2 aromatic carbocycles. The third kappa shape index (κ3) is 3.12. The van der Waals surface area contributed by atoms with Gasteiger partial charge in [-0.2, -0.15) is 0 Å². The van der Waals surface area contributed by atoms with Crippen molar-refractivity contribution in [2.75, 3.05) is 5.32 Å². The van der Waals surface area contributed by atoms with E-state index in [0.717, 1.165) is 15.7 Å². The molecule has 0 aliphatic rings. The van der Waals surface area contributed by atoms with E-state index in [-0.39, 0.29) is 5.69 Å². The number of non-ortho nitro benzene ring substituents is 1. The van der Waals surface area contributed by atoms with Crippen molar-refractivity contribution in [2.24, 2.45) is 0 Å². The molecule has 0 saturated carbocycles. The van der Waals surface area contributed by atoms with Crippen LogP contribution in [0, 0.1) is 22.5 Å². The van der Waals surface area contributed by atoms with Crippen LogP contribution in [-0.4, -0.2) is 4.92 Å². The summed E-state index contributed by atoms with van der Waals surface area (Å²) in [5.74, 6) is 2.54. The second kappa shape index (κ2) is 5.55. The topological polar surface area (TPSA) is 55.2 Å².